The molecule has 2 aliphatic rings. The summed E-state index contributed by atoms with van der Waals surface area (Å²) in [6, 6.07) is 0.906. The van der Waals surface area contributed by atoms with E-state index in [9.17, 15) is 0 Å². The quantitative estimate of drug-likeness (QED) is 0.278. The summed E-state index contributed by atoms with van der Waals surface area (Å²) in [5.41, 5.74) is 2.67. The number of hydrazine groups is 1. The van der Waals surface area contributed by atoms with Crippen LogP contribution in [0.2, 0.25) is 0 Å². The molecule has 0 spiro atoms. The lowest BCUT2D eigenvalue weighted by molar-refractivity contribution is 0.0869. The van der Waals surface area contributed by atoms with Crippen molar-refractivity contribution in [3.63, 3.8) is 0 Å². The van der Waals surface area contributed by atoms with Crippen LogP contribution in [0.5, 0.6) is 0 Å². The van der Waals surface area contributed by atoms with E-state index in [1.54, 1.807) is 0 Å². The van der Waals surface area contributed by atoms with E-state index < -0.39 is 0 Å². The van der Waals surface area contributed by atoms with Crippen LogP contribution >= 0.6 is 0 Å². The molecule has 92 valence electrons. The van der Waals surface area contributed by atoms with Crippen LogP contribution in [-0.2, 0) is 4.74 Å². The minimum atomic E-state index is 0.355. The molecule has 0 bridgehead atoms. The van der Waals surface area contributed by atoms with Gasteiger partial charge >= 0.3 is 0 Å². The number of ether oxygens (including phenoxy) is 1. The summed E-state index contributed by atoms with van der Waals surface area (Å²) in [6.07, 6.45) is 7.08. The third kappa shape index (κ3) is 3.35. The molecule has 16 heavy (non-hydrogen) atoms. The molecule has 1 aliphatic carbocycles. The molecular weight excluding hydrogens is 204 g/mol. The van der Waals surface area contributed by atoms with Gasteiger partial charge in [0.25, 0.3) is 0 Å². The maximum Gasteiger partial charge on any atom is 0.206 e. The molecule has 1 saturated carbocycles. The molecule has 0 unspecified atom stereocenters. The van der Waals surface area contributed by atoms with E-state index in [0.29, 0.717) is 12.1 Å². The topological polar surface area (TPSA) is 71.7 Å². The maximum atomic E-state index is 5.49. The predicted octanol–water partition coefficient (Wildman–Crippen LogP) is 0.517. The number of guanidine groups is 1. The highest BCUT2D eigenvalue weighted by atomic mass is 16.5. The summed E-state index contributed by atoms with van der Waals surface area (Å²) in [5, 5.41) is 3.39. The minimum absolute atomic E-state index is 0.355. The first kappa shape index (κ1) is 11.7. The molecule has 0 aromatic rings. The second-order valence-corrected chi connectivity index (χ2v) is 4.59. The van der Waals surface area contributed by atoms with Gasteiger partial charge in [-0.05, 0) is 25.7 Å². The molecule has 0 amide bonds. The predicted molar refractivity (Wildman–Crippen MR) is 64.0 cm³/mol. The number of aliphatic imine (C=N–C) groups is 1. The van der Waals surface area contributed by atoms with Gasteiger partial charge in [-0.2, -0.15) is 0 Å². The number of hydrogen-bond acceptors (Lipinski definition) is 3. The number of hydrogen-bond donors (Lipinski definition) is 3. The van der Waals surface area contributed by atoms with Gasteiger partial charge in [0.15, 0.2) is 0 Å². The van der Waals surface area contributed by atoms with Crippen LogP contribution in [0.15, 0.2) is 4.99 Å². The lowest BCUT2D eigenvalue weighted by Crippen LogP contribution is -2.46. The highest BCUT2D eigenvalue weighted by Gasteiger charge is 2.17. The third-order valence-electron chi connectivity index (χ3n) is 3.34. The zero-order valence-electron chi connectivity index (χ0n) is 9.74. The molecule has 2 fully saturated rings. The van der Waals surface area contributed by atoms with Gasteiger partial charge in [0.1, 0.15) is 0 Å². The van der Waals surface area contributed by atoms with Crippen molar-refractivity contribution < 1.29 is 4.74 Å². The van der Waals surface area contributed by atoms with E-state index >= 15 is 0 Å². The van der Waals surface area contributed by atoms with E-state index in [0.717, 1.165) is 32.0 Å². The van der Waals surface area contributed by atoms with Gasteiger partial charge in [-0.15, -0.1) is 0 Å². The van der Waals surface area contributed by atoms with Crippen molar-refractivity contribution in [3.05, 3.63) is 0 Å². The second-order valence-electron chi connectivity index (χ2n) is 4.59. The molecule has 4 N–H and O–H groups in total. The van der Waals surface area contributed by atoms with Crippen LogP contribution < -0.4 is 16.6 Å². The van der Waals surface area contributed by atoms with Crippen LogP contribution in [0.3, 0.4) is 0 Å². The summed E-state index contributed by atoms with van der Waals surface area (Å²) in [5.74, 6) is 6.24. The normalized spacial score (nSPS) is 24.7. The Morgan fingerprint density at radius 2 is 1.81 bits per heavy atom. The number of rotatable bonds is 2. The lowest BCUT2D eigenvalue weighted by Gasteiger charge is -2.21. The number of nitrogens with zero attached hydrogens (tertiary/aromatic N) is 1. The molecule has 0 atom stereocenters. The Hall–Kier alpha value is -0.810. The Morgan fingerprint density at radius 1 is 1.12 bits per heavy atom. The largest absolute Gasteiger partial charge is 0.381 e. The first-order valence-corrected chi connectivity index (χ1v) is 6.27. The fourth-order valence-corrected chi connectivity index (χ4v) is 2.38. The summed E-state index contributed by atoms with van der Waals surface area (Å²) in [6.45, 7) is 1.63. The Labute approximate surface area is 96.8 Å². The van der Waals surface area contributed by atoms with Crippen molar-refractivity contribution in [2.24, 2.45) is 10.8 Å². The summed E-state index contributed by atoms with van der Waals surface area (Å²) in [7, 11) is 0. The van der Waals surface area contributed by atoms with Crippen LogP contribution in [0, 0.1) is 0 Å². The van der Waals surface area contributed by atoms with E-state index in [1.165, 1.54) is 25.7 Å². The van der Waals surface area contributed by atoms with Gasteiger partial charge < -0.3 is 10.1 Å². The van der Waals surface area contributed by atoms with Crippen LogP contribution in [0.1, 0.15) is 38.5 Å². The molecule has 5 nitrogen and oxygen atoms in total. The molecule has 0 aromatic carbocycles. The Balaban J connectivity index is 1.84. The third-order valence-corrected chi connectivity index (χ3v) is 3.34. The van der Waals surface area contributed by atoms with Crippen molar-refractivity contribution >= 4 is 5.96 Å². The first-order chi connectivity index (χ1) is 7.88. The monoisotopic (exact) mass is 226 g/mol. The van der Waals surface area contributed by atoms with Gasteiger partial charge in [0.05, 0.1) is 6.04 Å². The Bertz CT molecular complexity index is 232. The van der Waals surface area contributed by atoms with Crippen molar-refractivity contribution in [2.75, 3.05) is 13.2 Å². The van der Waals surface area contributed by atoms with E-state index in [4.69, 9.17) is 10.6 Å². The van der Waals surface area contributed by atoms with E-state index in [-0.39, 0.29) is 0 Å². The fourth-order valence-electron chi connectivity index (χ4n) is 2.38. The molecule has 5 heteroatoms. The fraction of sp³-hybridized carbons (Fsp3) is 0.909. The second kappa shape index (κ2) is 6.06. The molecule has 0 aromatic heterocycles. The van der Waals surface area contributed by atoms with Crippen molar-refractivity contribution in [3.8, 4) is 0 Å². The molecule has 0 radical (unpaired) electrons. The Kier molecular flexibility index (Phi) is 4.42. The van der Waals surface area contributed by atoms with Gasteiger partial charge in [0, 0.05) is 19.3 Å². The van der Waals surface area contributed by atoms with Crippen molar-refractivity contribution in [2.45, 2.75) is 50.6 Å². The summed E-state index contributed by atoms with van der Waals surface area (Å²) < 4.78 is 5.31. The average molecular weight is 226 g/mol. The highest BCUT2D eigenvalue weighted by molar-refractivity contribution is 5.79. The SMILES string of the molecule is NNC(=NC1CCOCC1)NC1CCCC1. The first-order valence-electron chi connectivity index (χ1n) is 6.27. The van der Waals surface area contributed by atoms with E-state index in [2.05, 4.69) is 15.7 Å². The molecule has 1 aliphatic heterocycles. The van der Waals surface area contributed by atoms with Crippen LogP contribution in [0.25, 0.3) is 0 Å². The Morgan fingerprint density at radius 3 is 2.44 bits per heavy atom. The summed E-state index contributed by atoms with van der Waals surface area (Å²) >= 11 is 0. The standard InChI is InChI=1S/C11H22N4O/c12-15-11(13-9-3-1-2-4-9)14-10-5-7-16-8-6-10/h9-10H,1-8,12H2,(H2,13,14,15). The highest BCUT2D eigenvalue weighted by Crippen LogP contribution is 2.17. The molecule has 2 rings (SSSR count). The average Bonchev–Trinajstić information content (AvgIpc) is 2.82. The zero-order chi connectivity index (χ0) is 11.2. The summed E-state index contributed by atoms with van der Waals surface area (Å²) in [4.78, 5) is 4.61. The van der Waals surface area contributed by atoms with Crippen LogP contribution in [-0.4, -0.2) is 31.3 Å². The van der Waals surface area contributed by atoms with Gasteiger partial charge in [-0.1, -0.05) is 12.8 Å². The maximum absolute atomic E-state index is 5.49. The van der Waals surface area contributed by atoms with Crippen molar-refractivity contribution in [1.29, 1.82) is 0 Å². The zero-order valence-corrected chi connectivity index (χ0v) is 9.74. The van der Waals surface area contributed by atoms with E-state index in [1.807, 2.05) is 0 Å². The van der Waals surface area contributed by atoms with Crippen molar-refractivity contribution in [1.82, 2.24) is 10.7 Å². The van der Waals surface area contributed by atoms with Gasteiger partial charge in [-0.3, -0.25) is 5.43 Å². The van der Waals surface area contributed by atoms with Gasteiger partial charge in [0.2, 0.25) is 5.96 Å². The van der Waals surface area contributed by atoms with Crippen LogP contribution in [0.4, 0.5) is 0 Å². The lowest BCUT2D eigenvalue weighted by atomic mass is 10.1. The molecular formula is C11H22N4O. The van der Waals surface area contributed by atoms with Gasteiger partial charge in [-0.25, -0.2) is 10.8 Å². The minimum Gasteiger partial charge on any atom is -0.381 e. The molecule has 1 heterocycles. The number of nitrogens with two attached hydrogens (primary N) is 1. The smallest absolute Gasteiger partial charge is 0.206 e. The number of nitrogens with one attached hydrogen (secondary N) is 2. The molecule has 1 saturated heterocycles.